The zero-order chi connectivity index (χ0) is 17.6. The quantitative estimate of drug-likeness (QED) is 0.687. The molecule has 0 aromatic rings. The van der Waals surface area contributed by atoms with E-state index in [0.29, 0.717) is 5.92 Å². The van der Waals surface area contributed by atoms with Gasteiger partial charge in [0, 0.05) is 17.9 Å². The minimum Gasteiger partial charge on any atom is -0.461 e. The molecule has 2 rings (SSSR count). The Kier molecular flexibility index (Phi) is 4.43. The van der Waals surface area contributed by atoms with Crippen LogP contribution in [0.2, 0.25) is 0 Å². The van der Waals surface area contributed by atoms with Crippen LogP contribution in [0.4, 0.5) is 0 Å². The molecular weight excluding hydrogens is 286 g/mol. The first-order valence-corrected chi connectivity index (χ1v) is 8.69. The second-order valence-electron chi connectivity index (χ2n) is 9.83. The number of carbonyl (C=O) groups excluding carboxylic acids is 1. The molecule has 0 spiro atoms. The molecule has 0 radical (unpaired) electrons. The van der Waals surface area contributed by atoms with Gasteiger partial charge in [-0.25, -0.2) is 0 Å². The van der Waals surface area contributed by atoms with Crippen molar-refractivity contribution in [2.75, 3.05) is 0 Å². The first-order chi connectivity index (χ1) is 10.4. The standard InChI is InChI=1S/C20H31NO2/c1-18(2,3)12-20(7,19(4,5)6)17(22)23-16-10-13-8-14(16)9-15(13)11-21/h14,16H,8-10,12H2,1-7H3. The van der Waals surface area contributed by atoms with Crippen molar-refractivity contribution in [1.29, 1.82) is 5.26 Å². The van der Waals surface area contributed by atoms with Crippen molar-refractivity contribution in [3.63, 3.8) is 0 Å². The van der Waals surface area contributed by atoms with E-state index >= 15 is 0 Å². The van der Waals surface area contributed by atoms with E-state index in [1.54, 1.807) is 0 Å². The van der Waals surface area contributed by atoms with Crippen LogP contribution in [-0.4, -0.2) is 12.1 Å². The lowest BCUT2D eigenvalue weighted by atomic mass is 9.61. The fraction of sp³-hybridized carbons (Fsp3) is 0.800. The van der Waals surface area contributed by atoms with Crippen LogP contribution in [0.5, 0.6) is 0 Å². The lowest BCUT2D eigenvalue weighted by molar-refractivity contribution is -0.172. The van der Waals surface area contributed by atoms with Gasteiger partial charge in [0.15, 0.2) is 0 Å². The number of hydrogen-bond acceptors (Lipinski definition) is 3. The number of hydrogen-bond donors (Lipinski definition) is 0. The van der Waals surface area contributed by atoms with Crippen molar-refractivity contribution in [2.45, 2.75) is 80.3 Å². The zero-order valence-corrected chi connectivity index (χ0v) is 15.7. The molecule has 2 aliphatic carbocycles. The number of ether oxygens (including phenoxy) is 1. The molecule has 128 valence electrons. The van der Waals surface area contributed by atoms with Gasteiger partial charge in [-0.3, -0.25) is 4.79 Å². The van der Waals surface area contributed by atoms with E-state index in [1.165, 1.54) is 5.57 Å². The molecule has 3 unspecified atom stereocenters. The van der Waals surface area contributed by atoms with E-state index in [1.807, 2.05) is 6.92 Å². The fourth-order valence-electron chi connectivity index (χ4n) is 4.03. The first-order valence-electron chi connectivity index (χ1n) is 8.69. The molecule has 0 aromatic heterocycles. The second kappa shape index (κ2) is 5.65. The normalized spacial score (nSPS) is 26.9. The molecule has 2 bridgehead atoms. The highest BCUT2D eigenvalue weighted by molar-refractivity contribution is 5.77. The summed E-state index contributed by atoms with van der Waals surface area (Å²) in [5.41, 5.74) is 1.52. The van der Waals surface area contributed by atoms with Crippen LogP contribution >= 0.6 is 0 Å². The van der Waals surface area contributed by atoms with E-state index < -0.39 is 5.41 Å². The van der Waals surface area contributed by atoms with Crippen molar-refractivity contribution in [1.82, 2.24) is 0 Å². The number of rotatable bonds is 3. The van der Waals surface area contributed by atoms with Crippen LogP contribution in [0.1, 0.15) is 74.1 Å². The molecule has 0 aromatic carbocycles. The molecular formula is C20H31NO2. The molecule has 0 heterocycles. The van der Waals surface area contributed by atoms with Crippen LogP contribution in [0.3, 0.4) is 0 Å². The van der Waals surface area contributed by atoms with Crippen molar-refractivity contribution >= 4 is 5.97 Å². The predicted octanol–water partition coefficient (Wildman–Crippen LogP) is 5.02. The molecule has 3 nitrogen and oxygen atoms in total. The molecule has 0 N–H and O–H groups in total. The summed E-state index contributed by atoms with van der Waals surface area (Å²) >= 11 is 0. The van der Waals surface area contributed by atoms with Gasteiger partial charge in [-0.15, -0.1) is 0 Å². The average molecular weight is 317 g/mol. The third-order valence-electron chi connectivity index (χ3n) is 5.76. The molecule has 1 saturated carbocycles. The Morgan fingerprint density at radius 3 is 2.13 bits per heavy atom. The van der Waals surface area contributed by atoms with Crippen molar-refractivity contribution < 1.29 is 9.53 Å². The van der Waals surface area contributed by atoms with Crippen LogP contribution in [0, 0.1) is 33.5 Å². The van der Waals surface area contributed by atoms with Crippen LogP contribution in [-0.2, 0) is 9.53 Å². The summed E-state index contributed by atoms with van der Waals surface area (Å²) in [6.07, 6.45) is 3.25. The Balaban J connectivity index is 2.15. The summed E-state index contributed by atoms with van der Waals surface area (Å²) in [5.74, 6) is 0.249. The second-order valence-corrected chi connectivity index (χ2v) is 9.83. The highest BCUT2D eigenvalue weighted by Gasteiger charge is 2.50. The Morgan fingerprint density at radius 2 is 1.74 bits per heavy atom. The summed E-state index contributed by atoms with van der Waals surface area (Å²) in [4.78, 5) is 13.1. The Bertz CT molecular complexity index is 568. The summed E-state index contributed by atoms with van der Waals surface area (Å²) < 4.78 is 5.99. The maximum atomic E-state index is 13.1. The van der Waals surface area contributed by atoms with Gasteiger partial charge in [0.05, 0.1) is 11.5 Å². The first kappa shape index (κ1) is 18.0. The molecule has 0 aliphatic heterocycles. The van der Waals surface area contributed by atoms with Gasteiger partial charge in [-0.1, -0.05) is 47.1 Å². The number of carbonyl (C=O) groups is 1. The van der Waals surface area contributed by atoms with E-state index in [0.717, 1.165) is 31.3 Å². The van der Waals surface area contributed by atoms with Gasteiger partial charge < -0.3 is 4.74 Å². The van der Waals surface area contributed by atoms with Crippen LogP contribution in [0.15, 0.2) is 11.1 Å². The molecule has 0 amide bonds. The zero-order valence-electron chi connectivity index (χ0n) is 15.7. The highest BCUT2D eigenvalue weighted by Crippen LogP contribution is 2.50. The van der Waals surface area contributed by atoms with Gasteiger partial charge in [-0.2, -0.15) is 5.26 Å². The summed E-state index contributed by atoms with van der Waals surface area (Å²) in [6.45, 7) is 14.9. The van der Waals surface area contributed by atoms with Crippen molar-refractivity contribution in [3.05, 3.63) is 11.1 Å². The van der Waals surface area contributed by atoms with Gasteiger partial charge >= 0.3 is 5.97 Å². The molecule has 1 fully saturated rings. The maximum absolute atomic E-state index is 13.1. The Labute approximate surface area is 141 Å². The van der Waals surface area contributed by atoms with E-state index in [2.05, 4.69) is 47.6 Å². The van der Waals surface area contributed by atoms with E-state index in [4.69, 9.17) is 10.00 Å². The number of nitriles is 1. The monoisotopic (exact) mass is 317 g/mol. The van der Waals surface area contributed by atoms with Gasteiger partial charge in [0.2, 0.25) is 0 Å². The molecule has 0 saturated heterocycles. The van der Waals surface area contributed by atoms with Gasteiger partial charge in [-0.05, 0) is 37.0 Å². The lowest BCUT2D eigenvalue weighted by Crippen LogP contribution is -2.45. The highest BCUT2D eigenvalue weighted by atomic mass is 16.5. The average Bonchev–Trinajstić information content (AvgIpc) is 2.94. The van der Waals surface area contributed by atoms with E-state index in [9.17, 15) is 4.79 Å². The topological polar surface area (TPSA) is 50.1 Å². The van der Waals surface area contributed by atoms with Crippen molar-refractivity contribution in [3.8, 4) is 6.07 Å². The van der Waals surface area contributed by atoms with E-state index in [-0.39, 0.29) is 22.9 Å². The largest absolute Gasteiger partial charge is 0.461 e. The van der Waals surface area contributed by atoms with Gasteiger partial charge in [0.1, 0.15) is 6.10 Å². The number of nitrogens with zero attached hydrogens (tertiary/aromatic N) is 1. The molecule has 23 heavy (non-hydrogen) atoms. The molecule has 3 heteroatoms. The Morgan fingerprint density at radius 1 is 1.13 bits per heavy atom. The predicted molar refractivity (Wildman–Crippen MR) is 91.5 cm³/mol. The number of fused-ring (bicyclic) bond motifs is 2. The summed E-state index contributed by atoms with van der Waals surface area (Å²) in [7, 11) is 0. The Hall–Kier alpha value is -1.30. The SMILES string of the molecule is CC(C)(C)CC(C)(C(=O)OC1CC2=C(C#N)CC1C2)C(C)(C)C. The molecule has 3 atom stereocenters. The minimum atomic E-state index is -0.514. The summed E-state index contributed by atoms with van der Waals surface area (Å²) in [6, 6.07) is 2.29. The fourth-order valence-corrected chi connectivity index (χ4v) is 4.03. The smallest absolute Gasteiger partial charge is 0.312 e. The van der Waals surface area contributed by atoms with Gasteiger partial charge in [0.25, 0.3) is 0 Å². The number of allylic oxidation sites excluding steroid dienone is 1. The molecule has 2 aliphatic rings. The third-order valence-corrected chi connectivity index (χ3v) is 5.76. The van der Waals surface area contributed by atoms with Crippen molar-refractivity contribution in [2.24, 2.45) is 22.2 Å². The lowest BCUT2D eigenvalue weighted by Gasteiger charge is -2.44. The maximum Gasteiger partial charge on any atom is 0.312 e. The number of esters is 1. The summed E-state index contributed by atoms with van der Waals surface area (Å²) in [5, 5.41) is 9.10. The van der Waals surface area contributed by atoms with Crippen LogP contribution < -0.4 is 0 Å². The van der Waals surface area contributed by atoms with Crippen LogP contribution in [0.25, 0.3) is 0 Å². The minimum absolute atomic E-state index is 0.0313. The third kappa shape index (κ3) is 3.47.